The summed E-state index contributed by atoms with van der Waals surface area (Å²) in [6.07, 6.45) is 0. The van der Waals surface area contributed by atoms with E-state index in [4.69, 9.17) is 10.2 Å². The summed E-state index contributed by atoms with van der Waals surface area (Å²) >= 11 is 0. The summed E-state index contributed by atoms with van der Waals surface area (Å²) in [6.45, 7) is 17.2. The fraction of sp³-hybridized carbons (Fsp3) is 0. The molecule has 51 heavy (non-hydrogen) atoms. The molecule has 0 heterocycles. The average Bonchev–Trinajstić information content (AvgIpc) is 3.14. The minimum atomic E-state index is -1.65. The molecule has 0 amide bonds. The second-order valence-corrected chi connectivity index (χ2v) is 16.6. The van der Waals surface area contributed by atoms with Gasteiger partial charge in [-0.15, -0.1) is 0 Å². The van der Waals surface area contributed by atoms with Crippen LogP contribution in [0.15, 0.2) is 182 Å². The molecule has 8 heteroatoms. The summed E-state index contributed by atoms with van der Waals surface area (Å²) in [4.78, 5) is 20.4. The van der Waals surface area contributed by atoms with Gasteiger partial charge in [0.1, 0.15) is 0 Å². The first-order valence-electron chi connectivity index (χ1n) is 15.0. The molecule has 0 atom stereocenters. The predicted molar refractivity (Wildman–Crippen MR) is 213 cm³/mol. The second-order valence-electron chi connectivity index (χ2n) is 10.6. The van der Waals surface area contributed by atoms with Gasteiger partial charge in [-0.2, -0.15) is 41.2 Å². The van der Waals surface area contributed by atoms with E-state index in [1.165, 1.54) is 21.2 Å². The van der Waals surface area contributed by atoms with E-state index in [1.54, 1.807) is 60.7 Å². The molecule has 4 nitrogen and oxygen atoms in total. The Morgan fingerprint density at radius 1 is 0.373 bits per heavy atom. The number of carboxylic acid groups (broad SMARTS) is 2. The van der Waals surface area contributed by atoms with Crippen molar-refractivity contribution in [2.45, 2.75) is 0 Å². The first-order valence-corrected chi connectivity index (χ1v) is 19.3. The normalized spacial score (nSPS) is 9.80. The van der Waals surface area contributed by atoms with Gasteiger partial charge in [0.05, 0.1) is 11.1 Å². The summed E-state index contributed by atoms with van der Waals surface area (Å²) in [5, 5.41) is 21.8. The van der Waals surface area contributed by atoms with Gasteiger partial charge in [-0.1, -0.05) is 109 Å². The summed E-state index contributed by atoms with van der Waals surface area (Å²) in [5.74, 6) is -1.76. The minimum absolute atomic E-state index is 0. The molecule has 0 unspecified atom stereocenters. The molecule has 2 N–H and O–H groups in total. The van der Waals surface area contributed by atoms with Gasteiger partial charge in [0.15, 0.2) is 0 Å². The first kappa shape index (κ1) is 47.6. The number of rotatable bonds is 6. The third kappa shape index (κ3) is 15.8. The van der Waals surface area contributed by atoms with Crippen LogP contribution in [0, 0.1) is 34.1 Å². The van der Waals surface area contributed by atoms with E-state index in [-0.39, 0.29) is 52.2 Å². The van der Waals surface area contributed by atoms with Crippen molar-refractivity contribution in [1.29, 1.82) is 0 Å². The quantitative estimate of drug-likeness (QED) is 0.0991. The molecule has 0 fully saturated rings. The van der Waals surface area contributed by atoms with Gasteiger partial charge in [-0.3, -0.25) is 0 Å². The van der Waals surface area contributed by atoms with Crippen molar-refractivity contribution in [1.82, 2.24) is 0 Å². The average molecular weight is 1080 g/mol. The molecule has 1 radical (unpaired) electrons. The van der Waals surface area contributed by atoms with Crippen molar-refractivity contribution >= 4 is 47.7 Å². The Labute approximate surface area is 337 Å². The molecule has 0 aliphatic carbocycles. The first-order chi connectivity index (χ1) is 23.0. The van der Waals surface area contributed by atoms with Crippen LogP contribution in [-0.2, 0) is 44.8 Å². The maximum Gasteiger partial charge on any atom is 1.00 e. The Balaban J connectivity index is 0.000000659. The number of carboxylic acids is 2. The Morgan fingerprint density at radius 2 is 0.529 bits per heavy atom. The Bertz CT molecular complexity index is 1570. The third-order valence-electron chi connectivity index (χ3n) is 7.04. The van der Waals surface area contributed by atoms with E-state index in [1.807, 2.05) is 72.8 Å². The van der Waals surface area contributed by atoms with Crippen LogP contribution in [0.1, 0.15) is 20.7 Å². The van der Waals surface area contributed by atoms with E-state index in [9.17, 15) is 9.59 Å². The largest absolute Gasteiger partial charge is 1.00 e. The van der Waals surface area contributed by atoms with Crippen molar-refractivity contribution < 1.29 is 64.6 Å². The zero-order valence-electron chi connectivity index (χ0n) is 28.4. The van der Waals surface area contributed by atoms with Crippen LogP contribution in [-0.4, -0.2) is 22.2 Å². The summed E-state index contributed by atoms with van der Waals surface area (Å²) in [6, 6.07) is 57.9. The van der Waals surface area contributed by atoms with Crippen molar-refractivity contribution in [2.24, 2.45) is 0 Å². The monoisotopic (exact) mass is 1080 g/mol. The molecule has 0 spiro atoms. The van der Waals surface area contributed by atoms with Crippen LogP contribution in [0.2, 0.25) is 0 Å². The molecule has 0 aliphatic heterocycles. The second kappa shape index (κ2) is 24.7. The Kier molecular flexibility index (Phi) is 23.1. The van der Waals surface area contributed by atoms with Crippen LogP contribution in [0.5, 0.6) is 0 Å². The van der Waals surface area contributed by atoms with E-state index in [0.717, 1.165) is 0 Å². The zero-order valence-corrected chi connectivity index (χ0v) is 34.5. The van der Waals surface area contributed by atoms with Crippen LogP contribution < -0.4 is 21.2 Å². The third-order valence-corrected chi connectivity index (χ3v) is 12.2. The Hall–Kier alpha value is -3.40. The van der Waals surface area contributed by atoms with Crippen LogP contribution in [0.3, 0.4) is 0 Å². The molecular weight excluding hydrogens is 1040 g/mol. The van der Waals surface area contributed by atoms with Crippen molar-refractivity contribution in [3.8, 4) is 0 Å². The van der Waals surface area contributed by atoms with E-state index < -0.39 is 26.5 Å². The standard InChI is InChI=1S/2C14H14P.2C7H6O2.CH3.2Au/c2*1-15(2,13-9-5-3-6-10-13)14-11-7-4-8-12-14;2*8-7(9)6-4-2-1-3-5-6;;;/h2*3-12H,1-2H2;2*1-5H,(H,8,9);1H3;;/q2*-1;;;-1;;+1. The van der Waals surface area contributed by atoms with Gasteiger partial charge in [0, 0.05) is 43.6 Å². The van der Waals surface area contributed by atoms with Crippen molar-refractivity contribution in [3.05, 3.63) is 227 Å². The summed E-state index contributed by atoms with van der Waals surface area (Å²) in [7, 11) is -3.29. The summed E-state index contributed by atoms with van der Waals surface area (Å²) < 4.78 is 0. The van der Waals surface area contributed by atoms with E-state index in [2.05, 4.69) is 75.2 Å². The zero-order chi connectivity index (χ0) is 34.8. The van der Waals surface area contributed by atoms with Crippen molar-refractivity contribution in [2.75, 3.05) is 0 Å². The number of carbonyl (C=O) groups is 2. The smallest absolute Gasteiger partial charge is 0.478 e. The molecular formula is C43H43Au2O4P2-2. The fourth-order valence-electron chi connectivity index (χ4n) is 4.31. The summed E-state index contributed by atoms with van der Waals surface area (Å²) in [5.41, 5.74) is 0.662. The molecule has 0 saturated carbocycles. The fourth-order valence-corrected chi connectivity index (χ4v) is 7.88. The number of benzene rings is 6. The maximum atomic E-state index is 10.2. The molecule has 6 aromatic rings. The minimum Gasteiger partial charge on any atom is -0.478 e. The molecule has 0 aromatic heterocycles. The van der Waals surface area contributed by atoms with Gasteiger partial charge < -0.3 is 17.6 Å². The topological polar surface area (TPSA) is 74.6 Å². The van der Waals surface area contributed by atoms with Gasteiger partial charge in [-0.05, 0) is 72.8 Å². The van der Waals surface area contributed by atoms with Crippen LogP contribution in [0.25, 0.3) is 0 Å². The van der Waals surface area contributed by atoms with Gasteiger partial charge in [-0.25, -0.2) is 9.59 Å². The maximum absolute atomic E-state index is 10.2. The molecule has 0 bridgehead atoms. The number of hydrogen-bond acceptors (Lipinski definition) is 2. The van der Waals surface area contributed by atoms with Gasteiger partial charge >= 0.3 is 34.3 Å². The molecule has 273 valence electrons. The number of aromatic carboxylic acids is 2. The molecule has 0 aliphatic rings. The molecule has 6 rings (SSSR count). The van der Waals surface area contributed by atoms with E-state index in [0.29, 0.717) is 11.1 Å². The van der Waals surface area contributed by atoms with Crippen LogP contribution in [0.4, 0.5) is 0 Å². The predicted octanol–water partition coefficient (Wildman–Crippen LogP) is 9.69. The van der Waals surface area contributed by atoms with Gasteiger partial charge in [0.2, 0.25) is 0 Å². The number of hydrogen-bond donors (Lipinski definition) is 2. The van der Waals surface area contributed by atoms with Crippen molar-refractivity contribution in [3.63, 3.8) is 0 Å². The van der Waals surface area contributed by atoms with Gasteiger partial charge in [0.25, 0.3) is 0 Å². The van der Waals surface area contributed by atoms with Crippen LogP contribution >= 0.6 is 14.5 Å². The Morgan fingerprint density at radius 3 is 0.667 bits per heavy atom. The SMILES string of the molecule is O=C(O)c1ccccc1.O=C(O)c1ccccc1.[Au+].[Au].[CH2-][P+]([CH2-])(c1ccccc1)c1ccccc1.[CH2-][P+]([CH2-])(c1ccccc1)c1ccccc1.[CH3-]. The van der Waals surface area contributed by atoms with E-state index >= 15 is 0 Å². The molecule has 6 aromatic carbocycles. The molecule has 0 saturated heterocycles.